The Labute approximate surface area is 159 Å². The highest BCUT2D eigenvalue weighted by Gasteiger charge is 2.18. The van der Waals surface area contributed by atoms with Crippen molar-refractivity contribution in [3.8, 4) is 10.6 Å². The van der Waals surface area contributed by atoms with E-state index in [1.807, 2.05) is 31.2 Å². The summed E-state index contributed by atoms with van der Waals surface area (Å²) in [6, 6.07) is 12.2. The summed E-state index contributed by atoms with van der Waals surface area (Å²) >= 11 is 1.24. The Morgan fingerprint density at radius 3 is 2.56 bits per heavy atom. The second-order valence-electron chi connectivity index (χ2n) is 5.97. The van der Waals surface area contributed by atoms with E-state index in [1.165, 1.54) is 36.5 Å². The van der Waals surface area contributed by atoms with Crippen LogP contribution >= 0.6 is 11.3 Å². The monoisotopic (exact) mass is 384 g/mol. The third-order valence-corrected chi connectivity index (χ3v) is 4.67. The number of nitrogens with one attached hydrogen (secondary N) is 2. The Kier molecular flexibility index (Phi) is 5.56. The third-order valence-electron chi connectivity index (χ3n) is 3.78. The molecule has 1 atom stereocenters. The number of benzene rings is 2. The fourth-order valence-corrected chi connectivity index (χ4v) is 3.03. The van der Waals surface area contributed by atoms with Crippen LogP contribution in [0.15, 0.2) is 48.5 Å². The average Bonchev–Trinajstić information content (AvgIpc) is 3.10. The SMILES string of the molecule is Cc1ccc(-c2nnc(NC(=O)C(C)NC(=O)c3cccc(F)c3)s2)cc1. The summed E-state index contributed by atoms with van der Waals surface area (Å²) < 4.78 is 13.2. The summed E-state index contributed by atoms with van der Waals surface area (Å²) in [5, 5.41) is 14.2. The van der Waals surface area contributed by atoms with Crippen molar-refractivity contribution in [1.82, 2.24) is 15.5 Å². The largest absolute Gasteiger partial charge is 0.341 e. The number of amides is 2. The van der Waals surface area contributed by atoms with Crippen molar-refractivity contribution < 1.29 is 14.0 Å². The van der Waals surface area contributed by atoms with Gasteiger partial charge in [0.25, 0.3) is 5.91 Å². The zero-order valence-corrected chi connectivity index (χ0v) is 15.5. The number of halogens is 1. The van der Waals surface area contributed by atoms with Gasteiger partial charge in [-0.15, -0.1) is 10.2 Å². The van der Waals surface area contributed by atoms with Crippen molar-refractivity contribution in [2.24, 2.45) is 0 Å². The van der Waals surface area contributed by atoms with Gasteiger partial charge in [-0.25, -0.2) is 4.39 Å². The lowest BCUT2D eigenvalue weighted by atomic mass is 10.2. The number of hydrogen-bond donors (Lipinski definition) is 2. The van der Waals surface area contributed by atoms with Crippen LogP contribution in [0.3, 0.4) is 0 Å². The fraction of sp³-hybridized carbons (Fsp3) is 0.158. The summed E-state index contributed by atoms with van der Waals surface area (Å²) in [5.41, 5.74) is 2.19. The minimum Gasteiger partial charge on any atom is -0.341 e. The topological polar surface area (TPSA) is 84.0 Å². The van der Waals surface area contributed by atoms with E-state index in [4.69, 9.17) is 0 Å². The van der Waals surface area contributed by atoms with Crippen LogP contribution in [0.5, 0.6) is 0 Å². The van der Waals surface area contributed by atoms with Gasteiger partial charge in [0.1, 0.15) is 16.9 Å². The molecule has 6 nitrogen and oxygen atoms in total. The number of rotatable bonds is 5. The van der Waals surface area contributed by atoms with Crippen LogP contribution in [0.25, 0.3) is 10.6 Å². The van der Waals surface area contributed by atoms with E-state index in [-0.39, 0.29) is 5.56 Å². The molecule has 0 aliphatic rings. The fourth-order valence-electron chi connectivity index (χ4n) is 2.28. The standard InChI is InChI=1S/C19H17FN4O2S/c1-11-6-8-13(9-7-11)18-23-24-19(27-18)22-16(25)12(2)21-17(26)14-4-3-5-15(20)10-14/h3-10,12H,1-2H3,(H,21,26)(H,22,24,25). The number of nitrogens with zero attached hydrogens (tertiary/aromatic N) is 2. The van der Waals surface area contributed by atoms with Crippen LogP contribution in [-0.4, -0.2) is 28.1 Å². The summed E-state index contributed by atoms with van der Waals surface area (Å²) in [7, 11) is 0. The van der Waals surface area contributed by atoms with Crippen molar-refractivity contribution in [3.63, 3.8) is 0 Å². The predicted octanol–water partition coefficient (Wildman–Crippen LogP) is 3.41. The molecule has 138 valence electrons. The summed E-state index contributed by atoms with van der Waals surface area (Å²) in [6.07, 6.45) is 0. The van der Waals surface area contributed by atoms with Crippen LogP contribution in [0, 0.1) is 12.7 Å². The summed E-state index contributed by atoms with van der Waals surface area (Å²) in [4.78, 5) is 24.4. The first-order valence-corrected chi connectivity index (χ1v) is 9.02. The number of anilines is 1. The number of carbonyl (C=O) groups is 2. The van der Waals surface area contributed by atoms with Gasteiger partial charge in [0.15, 0.2) is 0 Å². The lowest BCUT2D eigenvalue weighted by Crippen LogP contribution is -2.41. The Balaban J connectivity index is 1.61. The van der Waals surface area contributed by atoms with Crippen molar-refractivity contribution in [1.29, 1.82) is 0 Å². The molecule has 0 saturated carbocycles. The molecule has 27 heavy (non-hydrogen) atoms. The van der Waals surface area contributed by atoms with E-state index in [0.717, 1.165) is 17.2 Å². The zero-order valence-electron chi connectivity index (χ0n) is 14.7. The lowest BCUT2D eigenvalue weighted by molar-refractivity contribution is -0.117. The van der Waals surface area contributed by atoms with Crippen molar-refractivity contribution in [3.05, 3.63) is 65.5 Å². The van der Waals surface area contributed by atoms with Crippen LogP contribution in [0.1, 0.15) is 22.8 Å². The summed E-state index contributed by atoms with van der Waals surface area (Å²) in [6.45, 7) is 3.53. The van der Waals surface area contributed by atoms with Crippen molar-refractivity contribution in [2.45, 2.75) is 19.9 Å². The second-order valence-corrected chi connectivity index (χ2v) is 6.95. The molecule has 3 aromatic rings. The van der Waals surface area contributed by atoms with Gasteiger partial charge in [0.2, 0.25) is 11.0 Å². The Bertz CT molecular complexity index is 972. The maximum atomic E-state index is 13.2. The van der Waals surface area contributed by atoms with Crippen molar-refractivity contribution in [2.75, 3.05) is 5.32 Å². The minimum absolute atomic E-state index is 0.146. The first-order chi connectivity index (χ1) is 12.9. The van der Waals surface area contributed by atoms with Gasteiger partial charge in [-0.2, -0.15) is 0 Å². The summed E-state index contributed by atoms with van der Waals surface area (Å²) in [5.74, 6) is -1.49. The molecule has 0 aliphatic carbocycles. The Morgan fingerprint density at radius 1 is 1.11 bits per heavy atom. The molecule has 0 fully saturated rings. The molecule has 0 spiro atoms. The van der Waals surface area contributed by atoms with Crippen molar-refractivity contribution >= 4 is 28.3 Å². The molecule has 3 rings (SSSR count). The molecular formula is C19H17FN4O2S. The van der Waals surface area contributed by atoms with Crippen LogP contribution in [-0.2, 0) is 4.79 Å². The highest BCUT2D eigenvalue weighted by Crippen LogP contribution is 2.26. The lowest BCUT2D eigenvalue weighted by Gasteiger charge is -2.12. The first-order valence-electron chi connectivity index (χ1n) is 8.20. The normalized spacial score (nSPS) is 11.7. The molecule has 0 radical (unpaired) electrons. The van der Waals surface area contributed by atoms with Crippen LogP contribution < -0.4 is 10.6 Å². The number of aryl methyl sites for hydroxylation is 1. The predicted molar refractivity (Wildman–Crippen MR) is 102 cm³/mol. The molecule has 0 bridgehead atoms. The maximum Gasteiger partial charge on any atom is 0.252 e. The van der Waals surface area contributed by atoms with Gasteiger partial charge in [0.05, 0.1) is 0 Å². The van der Waals surface area contributed by atoms with Gasteiger partial charge < -0.3 is 5.32 Å². The molecule has 2 N–H and O–H groups in total. The van der Waals surface area contributed by atoms with Crippen LogP contribution in [0.4, 0.5) is 9.52 Å². The van der Waals surface area contributed by atoms with Gasteiger partial charge in [-0.1, -0.05) is 47.2 Å². The highest BCUT2D eigenvalue weighted by molar-refractivity contribution is 7.18. The third kappa shape index (κ3) is 4.73. The van der Waals surface area contributed by atoms with E-state index < -0.39 is 23.7 Å². The molecule has 2 aromatic carbocycles. The maximum absolute atomic E-state index is 13.2. The van der Waals surface area contributed by atoms with Gasteiger partial charge in [-0.3, -0.25) is 14.9 Å². The second kappa shape index (κ2) is 8.05. The molecule has 2 amide bonds. The molecule has 0 aliphatic heterocycles. The molecule has 1 aromatic heterocycles. The zero-order chi connectivity index (χ0) is 19.4. The van der Waals surface area contributed by atoms with Gasteiger partial charge in [0, 0.05) is 11.1 Å². The van der Waals surface area contributed by atoms with E-state index in [1.54, 1.807) is 0 Å². The van der Waals surface area contributed by atoms with E-state index in [9.17, 15) is 14.0 Å². The Morgan fingerprint density at radius 2 is 1.85 bits per heavy atom. The number of aromatic nitrogens is 2. The molecule has 1 heterocycles. The Hall–Kier alpha value is -3.13. The molecule has 1 unspecified atom stereocenters. The average molecular weight is 384 g/mol. The van der Waals surface area contributed by atoms with E-state index in [2.05, 4.69) is 20.8 Å². The van der Waals surface area contributed by atoms with Crippen LogP contribution in [0.2, 0.25) is 0 Å². The smallest absolute Gasteiger partial charge is 0.252 e. The van der Waals surface area contributed by atoms with Gasteiger partial charge >= 0.3 is 0 Å². The quantitative estimate of drug-likeness (QED) is 0.706. The van der Waals surface area contributed by atoms with E-state index >= 15 is 0 Å². The molecule has 8 heteroatoms. The highest BCUT2D eigenvalue weighted by atomic mass is 32.1. The number of carbonyl (C=O) groups excluding carboxylic acids is 2. The molecular weight excluding hydrogens is 367 g/mol. The van der Waals surface area contributed by atoms with E-state index in [0.29, 0.717) is 10.1 Å². The molecule has 0 saturated heterocycles. The minimum atomic E-state index is -0.826. The van der Waals surface area contributed by atoms with Gasteiger partial charge in [-0.05, 0) is 32.0 Å². The number of hydrogen-bond acceptors (Lipinski definition) is 5. The first kappa shape index (κ1) is 18.7.